The molecule has 0 spiro atoms. The highest BCUT2D eigenvalue weighted by atomic mass is 19.1. The van der Waals surface area contributed by atoms with E-state index in [2.05, 4.69) is 22.9 Å². The number of hydrazine groups is 1. The maximum Gasteiger partial charge on any atom is 0.290 e. The van der Waals surface area contributed by atoms with Crippen LogP contribution in [0.5, 0.6) is 0 Å². The Morgan fingerprint density at radius 3 is 2.51 bits per heavy atom. The number of halogens is 1. The summed E-state index contributed by atoms with van der Waals surface area (Å²) < 4.78 is 20.7. The predicted molar refractivity (Wildman–Crippen MR) is 129 cm³/mol. The lowest BCUT2D eigenvalue weighted by molar-refractivity contribution is -0.131. The van der Waals surface area contributed by atoms with Crippen LogP contribution in [0.3, 0.4) is 0 Å². The highest BCUT2D eigenvalue weighted by molar-refractivity contribution is 6.05. The van der Waals surface area contributed by atoms with E-state index in [1.54, 1.807) is 36.4 Å². The lowest BCUT2D eigenvalue weighted by atomic mass is 9.73. The van der Waals surface area contributed by atoms with E-state index >= 15 is 0 Å². The van der Waals surface area contributed by atoms with Crippen LogP contribution in [0.1, 0.15) is 55.1 Å². The number of carbonyl (C=O) groups is 2. The van der Waals surface area contributed by atoms with Gasteiger partial charge in [0, 0.05) is 25.1 Å². The molecule has 2 heterocycles. The van der Waals surface area contributed by atoms with Crippen LogP contribution in [-0.4, -0.2) is 34.8 Å². The summed E-state index contributed by atoms with van der Waals surface area (Å²) >= 11 is 0. The van der Waals surface area contributed by atoms with Crippen molar-refractivity contribution >= 4 is 22.6 Å². The molecule has 0 saturated carbocycles. The molecule has 1 aliphatic rings. The van der Waals surface area contributed by atoms with E-state index in [9.17, 15) is 18.8 Å². The van der Waals surface area contributed by atoms with Gasteiger partial charge in [-0.2, -0.15) is 5.10 Å². The summed E-state index contributed by atoms with van der Waals surface area (Å²) in [4.78, 5) is 39.3. The van der Waals surface area contributed by atoms with Gasteiger partial charge >= 0.3 is 0 Å². The largest absolute Gasteiger partial charge is 0.381 e. The molecule has 1 fully saturated rings. The fraction of sp³-hybridized carbons (Fsp3) is 0.385. The fourth-order valence-electron chi connectivity index (χ4n) is 4.51. The molecule has 1 saturated heterocycles. The summed E-state index contributed by atoms with van der Waals surface area (Å²) in [5.41, 5.74) is 4.25. The standard InChI is InChI=1S/C26H29FN4O4/c1-2-3-6-14-31-24(33)21-11-5-4-10-20(21)22(30-31)23(32)28-29-25(34)26(12-15-35-16-13-26)18-8-7-9-19(27)17-18/h4-5,7-11,17H,2-3,6,12-16H2,1H3,(H,28,32)(H,29,34). The Labute approximate surface area is 202 Å². The number of ether oxygens (including phenoxy) is 1. The molecule has 2 N–H and O–H groups in total. The van der Waals surface area contributed by atoms with Crippen LogP contribution in [0, 0.1) is 5.82 Å². The molecule has 9 heteroatoms. The maximum absolute atomic E-state index is 14.0. The first-order valence-corrected chi connectivity index (χ1v) is 11.9. The number of amides is 2. The van der Waals surface area contributed by atoms with Crippen LogP contribution in [-0.2, 0) is 21.5 Å². The predicted octanol–water partition coefficient (Wildman–Crippen LogP) is 3.24. The second-order valence-electron chi connectivity index (χ2n) is 8.74. The Balaban J connectivity index is 1.60. The Morgan fingerprint density at radius 1 is 1.06 bits per heavy atom. The van der Waals surface area contributed by atoms with Gasteiger partial charge in [0.1, 0.15) is 5.82 Å². The van der Waals surface area contributed by atoms with Gasteiger partial charge in [-0.15, -0.1) is 0 Å². The van der Waals surface area contributed by atoms with Crippen molar-refractivity contribution in [2.75, 3.05) is 13.2 Å². The number of carbonyl (C=O) groups excluding carboxylic acids is 2. The molecule has 0 bridgehead atoms. The normalized spacial score (nSPS) is 15.0. The number of hydrogen-bond acceptors (Lipinski definition) is 5. The van der Waals surface area contributed by atoms with Gasteiger partial charge in [-0.1, -0.05) is 50.1 Å². The number of rotatable bonds is 7. The minimum atomic E-state index is -1.04. The van der Waals surface area contributed by atoms with Crippen molar-refractivity contribution in [2.24, 2.45) is 0 Å². The number of benzene rings is 2. The lowest BCUT2D eigenvalue weighted by Gasteiger charge is -2.36. The zero-order valence-electron chi connectivity index (χ0n) is 19.7. The van der Waals surface area contributed by atoms with Gasteiger partial charge < -0.3 is 4.74 Å². The molecule has 8 nitrogen and oxygen atoms in total. The molecule has 0 unspecified atom stereocenters. The topological polar surface area (TPSA) is 102 Å². The minimum absolute atomic E-state index is 0.0452. The summed E-state index contributed by atoms with van der Waals surface area (Å²) in [5.74, 6) is -1.54. The molecular formula is C26H29FN4O4. The van der Waals surface area contributed by atoms with Crippen LogP contribution in [0.15, 0.2) is 53.3 Å². The molecule has 2 amide bonds. The molecule has 35 heavy (non-hydrogen) atoms. The average molecular weight is 481 g/mol. The van der Waals surface area contributed by atoms with Crippen LogP contribution >= 0.6 is 0 Å². The third kappa shape index (κ3) is 5.09. The van der Waals surface area contributed by atoms with Crippen molar-refractivity contribution < 1.29 is 18.7 Å². The van der Waals surface area contributed by atoms with Gasteiger partial charge in [0.2, 0.25) is 5.91 Å². The Hall–Kier alpha value is -3.59. The monoisotopic (exact) mass is 480 g/mol. The summed E-state index contributed by atoms with van der Waals surface area (Å²) in [6.07, 6.45) is 3.38. The summed E-state index contributed by atoms with van der Waals surface area (Å²) in [6.45, 7) is 3.14. The van der Waals surface area contributed by atoms with Crippen LogP contribution in [0.25, 0.3) is 10.8 Å². The SMILES string of the molecule is CCCCCn1nc(C(=O)NNC(=O)C2(c3cccc(F)c3)CCOCC2)c2ccccc2c1=O. The van der Waals surface area contributed by atoms with Gasteiger partial charge in [-0.25, -0.2) is 9.07 Å². The van der Waals surface area contributed by atoms with E-state index in [4.69, 9.17) is 4.74 Å². The number of unbranched alkanes of at least 4 members (excludes halogenated alkanes) is 2. The van der Waals surface area contributed by atoms with Gasteiger partial charge in [-0.05, 0) is 43.0 Å². The first-order chi connectivity index (χ1) is 17.0. The molecule has 0 radical (unpaired) electrons. The van der Waals surface area contributed by atoms with Crippen molar-refractivity contribution in [1.82, 2.24) is 20.6 Å². The number of fused-ring (bicyclic) bond motifs is 1. The van der Waals surface area contributed by atoms with E-state index in [0.29, 0.717) is 48.9 Å². The number of nitrogens with one attached hydrogen (secondary N) is 2. The third-order valence-electron chi connectivity index (χ3n) is 6.50. The molecule has 0 aliphatic carbocycles. The third-order valence-corrected chi connectivity index (χ3v) is 6.50. The smallest absolute Gasteiger partial charge is 0.290 e. The highest BCUT2D eigenvalue weighted by Gasteiger charge is 2.42. The lowest BCUT2D eigenvalue weighted by Crippen LogP contribution is -2.53. The number of hydrogen-bond donors (Lipinski definition) is 2. The molecule has 184 valence electrons. The second kappa shape index (κ2) is 10.8. The van der Waals surface area contributed by atoms with Crippen LogP contribution < -0.4 is 16.4 Å². The van der Waals surface area contributed by atoms with E-state index < -0.39 is 23.0 Å². The molecular weight excluding hydrogens is 451 g/mol. The summed E-state index contributed by atoms with van der Waals surface area (Å²) in [6, 6.07) is 12.7. The van der Waals surface area contributed by atoms with E-state index in [0.717, 1.165) is 19.3 Å². The minimum Gasteiger partial charge on any atom is -0.381 e. The average Bonchev–Trinajstić information content (AvgIpc) is 2.89. The Kier molecular flexibility index (Phi) is 7.55. The van der Waals surface area contributed by atoms with Crippen molar-refractivity contribution in [3.05, 3.63) is 76.0 Å². The maximum atomic E-state index is 14.0. The summed E-state index contributed by atoms with van der Waals surface area (Å²) in [5, 5.41) is 5.11. The van der Waals surface area contributed by atoms with Crippen LogP contribution in [0.4, 0.5) is 4.39 Å². The van der Waals surface area contributed by atoms with Crippen molar-refractivity contribution in [3.63, 3.8) is 0 Å². The highest BCUT2D eigenvalue weighted by Crippen LogP contribution is 2.35. The zero-order valence-corrected chi connectivity index (χ0v) is 19.7. The Bertz CT molecular complexity index is 1280. The molecule has 0 atom stereocenters. The quantitative estimate of drug-likeness (QED) is 0.399. The fourth-order valence-corrected chi connectivity index (χ4v) is 4.51. The molecule has 1 aliphatic heterocycles. The summed E-state index contributed by atoms with van der Waals surface area (Å²) in [7, 11) is 0. The van der Waals surface area contributed by atoms with Gasteiger partial charge in [0.15, 0.2) is 5.69 Å². The van der Waals surface area contributed by atoms with Gasteiger partial charge in [0.25, 0.3) is 11.5 Å². The molecule has 2 aromatic carbocycles. The number of nitrogens with zero attached hydrogens (tertiary/aromatic N) is 2. The van der Waals surface area contributed by atoms with Crippen molar-refractivity contribution in [2.45, 2.75) is 51.0 Å². The van der Waals surface area contributed by atoms with Gasteiger partial charge in [0.05, 0.1) is 10.8 Å². The molecule has 3 aromatic rings. The zero-order chi connectivity index (χ0) is 24.8. The van der Waals surface area contributed by atoms with E-state index in [1.807, 2.05) is 0 Å². The first-order valence-electron chi connectivity index (χ1n) is 11.9. The number of aryl methyl sites for hydroxylation is 1. The van der Waals surface area contributed by atoms with Crippen molar-refractivity contribution in [3.8, 4) is 0 Å². The number of aromatic nitrogens is 2. The van der Waals surface area contributed by atoms with Gasteiger partial charge in [-0.3, -0.25) is 25.2 Å². The van der Waals surface area contributed by atoms with Crippen molar-refractivity contribution in [1.29, 1.82) is 0 Å². The first kappa shape index (κ1) is 24.5. The Morgan fingerprint density at radius 2 is 1.80 bits per heavy atom. The van der Waals surface area contributed by atoms with E-state index in [1.165, 1.54) is 16.8 Å². The second-order valence-corrected chi connectivity index (χ2v) is 8.74. The van der Waals surface area contributed by atoms with E-state index in [-0.39, 0.29) is 11.3 Å². The molecule has 4 rings (SSSR count). The van der Waals surface area contributed by atoms with Crippen LogP contribution in [0.2, 0.25) is 0 Å². The molecule has 1 aromatic heterocycles.